The maximum absolute atomic E-state index is 5.67. The van der Waals surface area contributed by atoms with E-state index < -0.39 is 0 Å². The van der Waals surface area contributed by atoms with Crippen LogP contribution >= 0.6 is 15.9 Å². The monoisotopic (exact) mass is 324 g/mol. The molecule has 3 heterocycles. The number of hydrogen-bond acceptors (Lipinski definition) is 5. The second-order valence-corrected chi connectivity index (χ2v) is 5.66. The molecule has 102 valence electrons. The van der Waals surface area contributed by atoms with Crippen molar-refractivity contribution >= 4 is 33.2 Å². The fourth-order valence-corrected chi connectivity index (χ4v) is 2.79. The number of nitrogens with one attached hydrogen (secondary N) is 1. The number of nitrogens with zero attached hydrogens (tertiary/aromatic N) is 3. The predicted octanol–water partition coefficient (Wildman–Crippen LogP) is 2.88. The Labute approximate surface area is 120 Å². The van der Waals surface area contributed by atoms with Crippen LogP contribution in [0.4, 0.5) is 6.01 Å². The van der Waals surface area contributed by atoms with Crippen molar-refractivity contribution in [2.45, 2.75) is 25.8 Å². The van der Waals surface area contributed by atoms with Crippen molar-refractivity contribution in [2.75, 3.05) is 25.0 Å². The molecular formula is C13H17BrN4O. The molecule has 0 unspecified atom stereocenters. The van der Waals surface area contributed by atoms with Crippen LogP contribution in [0.1, 0.15) is 19.8 Å². The van der Waals surface area contributed by atoms with Gasteiger partial charge in [0, 0.05) is 12.6 Å². The molecule has 1 aliphatic rings. The van der Waals surface area contributed by atoms with Gasteiger partial charge in [-0.2, -0.15) is 4.98 Å². The summed E-state index contributed by atoms with van der Waals surface area (Å²) in [7, 11) is 0. The van der Waals surface area contributed by atoms with E-state index in [-0.39, 0.29) is 0 Å². The molecule has 1 N–H and O–H groups in total. The molecule has 2 aromatic heterocycles. The Hall–Kier alpha value is -1.14. The second-order valence-electron chi connectivity index (χ2n) is 4.85. The Bertz CT molecular complexity index is 571. The van der Waals surface area contributed by atoms with Crippen LogP contribution < -0.4 is 5.32 Å². The zero-order chi connectivity index (χ0) is 13.2. The van der Waals surface area contributed by atoms with Crippen LogP contribution in [0.25, 0.3) is 11.2 Å². The summed E-state index contributed by atoms with van der Waals surface area (Å²) in [5, 5.41) is 3.38. The Kier molecular flexibility index (Phi) is 3.70. The normalized spacial score (nSPS) is 20.8. The van der Waals surface area contributed by atoms with Gasteiger partial charge in [-0.25, -0.2) is 4.98 Å². The summed E-state index contributed by atoms with van der Waals surface area (Å²) < 4.78 is 6.44. The number of hydrogen-bond donors (Lipinski definition) is 1. The lowest BCUT2D eigenvalue weighted by molar-refractivity contribution is 0.225. The van der Waals surface area contributed by atoms with E-state index in [4.69, 9.17) is 4.42 Å². The summed E-state index contributed by atoms with van der Waals surface area (Å²) in [6, 6.07) is 4.72. The highest BCUT2D eigenvalue weighted by atomic mass is 79.9. The molecule has 5 nitrogen and oxygen atoms in total. The fourth-order valence-electron chi connectivity index (χ4n) is 2.49. The molecule has 0 saturated carbocycles. The zero-order valence-electron chi connectivity index (χ0n) is 10.9. The Morgan fingerprint density at radius 1 is 1.47 bits per heavy atom. The fraction of sp³-hybridized carbons (Fsp3) is 0.538. The first-order valence-corrected chi connectivity index (χ1v) is 7.46. The van der Waals surface area contributed by atoms with Crippen LogP contribution in [0.2, 0.25) is 0 Å². The number of anilines is 1. The first kappa shape index (κ1) is 12.9. The van der Waals surface area contributed by atoms with Gasteiger partial charge >= 0.3 is 0 Å². The van der Waals surface area contributed by atoms with Crippen molar-refractivity contribution in [1.29, 1.82) is 0 Å². The molecular weight excluding hydrogens is 308 g/mol. The average molecular weight is 325 g/mol. The lowest BCUT2D eigenvalue weighted by Crippen LogP contribution is -2.41. The number of oxazole rings is 1. The molecule has 0 radical (unpaired) electrons. The Morgan fingerprint density at radius 3 is 3.21 bits per heavy atom. The maximum Gasteiger partial charge on any atom is 0.297 e. The highest BCUT2D eigenvalue weighted by Crippen LogP contribution is 2.21. The Balaban J connectivity index is 1.74. The molecule has 0 amide bonds. The number of pyridine rings is 1. The van der Waals surface area contributed by atoms with E-state index in [1.54, 1.807) is 0 Å². The molecule has 6 heteroatoms. The molecule has 19 heavy (non-hydrogen) atoms. The predicted molar refractivity (Wildman–Crippen MR) is 78.3 cm³/mol. The number of halogens is 1. The van der Waals surface area contributed by atoms with Crippen LogP contribution in [-0.2, 0) is 0 Å². The SMILES string of the molecule is CCN1CCC[C@@H](Nc2nc3nc(Br)ccc3o2)C1. The maximum atomic E-state index is 5.67. The largest absolute Gasteiger partial charge is 0.422 e. The van der Waals surface area contributed by atoms with E-state index in [9.17, 15) is 0 Å². The molecule has 2 aromatic rings. The van der Waals surface area contributed by atoms with Gasteiger partial charge in [-0.3, -0.25) is 0 Å². The van der Waals surface area contributed by atoms with Crippen LogP contribution in [0, 0.1) is 0 Å². The molecule has 3 rings (SSSR count). The van der Waals surface area contributed by atoms with Crippen molar-refractivity contribution in [3.63, 3.8) is 0 Å². The van der Waals surface area contributed by atoms with Gasteiger partial charge in [-0.15, -0.1) is 0 Å². The van der Waals surface area contributed by atoms with E-state index in [1.165, 1.54) is 13.0 Å². The zero-order valence-corrected chi connectivity index (χ0v) is 12.5. The molecule has 1 atom stereocenters. The standard InChI is InChI=1S/C13H17BrN4O/c1-2-18-7-3-4-9(8-18)15-13-17-12-10(19-13)5-6-11(14)16-12/h5-6,9H,2-4,7-8H2,1H3,(H,15,16,17)/t9-/m1/s1. The minimum absolute atomic E-state index is 0.408. The third kappa shape index (κ3) is 2.90. The van der Waals surface area contributed by atoms with Crippen molar-refractivity contribution in [3.05, 3.63) is 16.7 Å². The lowest BCUT2D eigenvalue weighted by atomic mass is 10.1. The molecule has 0 spiro atoms. The van der Waals surface area contributed by atoms with Crippen molar-refractivity contribution in [1.82, 2.24) is 14.9 Å². The van der Waals surface area contributed by atoms with Gasteiger partial charge in [0.25, 0.3) is 6.01 Å². The van der Waals surface area contributed by atoms with Crippen LogP contribution in [-0.4, -0.2) is 40.5 Å². The van der Waals surface area contributed by atoms with E-state index >= 15 is 0 Å². The minimum atomic E-state index is 0.408. The van der Waals surface area contributed by atoms with Gasteiger partial charge in [0.05, 0.1) is 0 Å². The number of likely N-dealkylation sites (tertiary alicyclic amines) is 1. The number of rotatable bonds is 3. The molecule has 1 saturated heterocycles. The van der Waals surface area contributed by atoms with Crippen molar-refractivity contribution in [3.8, 4) is 0 Å². The van der Waals surface area contributed by atoms with Crippen LogP contribution in [0.3, 0.4) is 0 Å². The molecule has 0 aromatic carbocycles. The Morgan fingerprint density at radius 2 is 2.37 bits per heavy atom. The summed E-state index contributed by atoms with van der Waals surface area (Å²) in [4.78, 5) is 11.1. The van der Waals surface area contributed by atoms with Crippen LogP contribution in [0.5, 0.6) is 0 Å². The highest BCUT2D eigenvalue weighted by Gasteiger charge is 2.20. The summed E-state index contributed by atoms with van der Waals surface area (Å²) in [6.45, 7) is 5.53. The van der Waals surface area contributed by atoms with E-state index in [1.807, 2.05) is 12.1 Å². The molecule has 0 bridgehead atoms. The number of fused-ring (bicyclic) bond motifs is 1. The average Bonchev–Trinajstić information content (AvgIpc) is 2.80. The quantitative estimate of drug-likeness (QED) is 0.880. The van der Waals surface area contributed by atoms with E-state index in [0.29, 0.717) is 23.3 Å². The van der Waals surface area contributed by atoms with E-state index in [0.717, 1.165) is 24.1 Å². The van der Waals surface area contributed by atoms with Gasteiger partial charge in [0.1, 0.15) is 4.60 Å². The van der Waals surface area contributed by atoms with Gasteiger partial charge in [0.15, 0.2) is 5.58 Å². The number of likely N-dealkylation sites (N-methyl/N-ethyl adjacent to an activating group) is 1. The van der Waals surface area contributed by atoms with Gasteiger partial charge in [0.2, 0.25) is 5.65 Å². The topological polar surface area (TPSA) is 54.2 Å². The second kappa shape index (κ2) is 5.46. The van der Waals surface area contributed by atoms with Crippen molar-refractivity contribution in [2.24, 2.45) is 0 Å². The molecule has 1 fully saturated rings. The lowest BCUT2D eigenvalue weighted by Gasteiger charge is -2.31. The highest BCUT2D eigenvalue weighted by molar-refractivity contribution is 9.10. The summed E-state index contributed by atoms with van der Waals surface area (Å²) >= 11 is 3.34. The van der Waals surface area contributed by atoms with Crippen molar-refractivity contribution < 1.29 is 4.42 Å². The summed E-state index contributed by atoms with van der Waals surface area (Å²) in [5.74, 6) is 0. The number of aromatic nitrogens is 2. The van der Waals surface area contributed by atoms with Gasteiger partial charge < -0.3 is 14.6 Å². The van der Waals surface area contributed by atoms with Gasteiger partial charge in [-0.05, 0) is 54.0 Å². The van der Waals surface area contributed by atoms with E-state index in [2.05, 4.69) is 43.0 Å². The minimum Gasteiger partial charge on any atom is -0.422 e. The number of piperidine rings is 1. The van der Waals surface area contributed by atoms with Crippen LogP contribution in [0.15, 0.2) is 21.2 Å². The smallest absolute Gasteiger partial charge is 0.297 e. The van der Waals surface area contributed by atoms with Gasteiger partial charge in [-0.1, -0.05) is 6.92 Å². The third-order valence-electron chi connectivity index (χ3n) is 3.50. The molecule has 0 aliphatic carbocycles. The third-order valence-corrected chi connectivity index (χ3v) is 3.94. The molecule has 1 aliphatic heterocycles. The first-order valence-electron chi connectivity index (χ1n) is 6.66. The first-order chi connectivity index (χ1) is 9.24. The summed E-state index contributed by atoms with van der Waals surface area (Å²) in [5.41, 5.74) is 1.36. The summed E-state index contributed by atoms with van der Waals surface area (Å²) in [6.07, 6.45) is 2.38.